The van der Waals surface area contributed by atoms with Crippen molar-refractivity contribution in [3.05, 3.63) is 35.9 Å². The van der Waals surface area contributed by atoms with Crippen molar-refractivity contribution in [1.29, 1.82) is 0 Å². The Kier molecular flexibility index (Phi) is 3.44. The van der Waals surface area contributed by atoms with Crippen LogP contribution in [-0.4, -0.2) is 30.6 Å². The van der Waals surface area contributed by atoms with Gasteiger partial charge in [-0.05, 0) is 30.9 Å². The second kappa shape index (κ2) is 5.19. The molecule has 0 amide bonds. The van der Waals surface area contributed by atoms with Crippen LogP contribution in [0.4, 0.5) is 0 Å². The highest BCUT2D eigenvalue weighted by atomic mass is 15.2. The Balaban J connectivity index is 1.67. The highest BCUT2D eigenvalue weighted by Crippen LogP contribution is 2.21. The minimum Gasteiger partial charge on any atom is -0.312 e. The van der Waals surface area contributed by atoms with Crippen molar-refractivity contribution in [1.82, 2.24) is 10.2 Å². The van der Waals surface area contributed by atoms with E-state index in [2.05, 4.69) is 40.5 Å². The third-order valence-corrected chi connectivity index (χ3v) is 4.10. The van der Waals surface area contributed by atoms with Gasteiger partial charge in [0.1, 0.15) is 0 Å². The Morgan fingerprint density at radius 3 is 2.88 bits per heavy atom. The molecule has 2 nitrogen and oxygen atoms in total. The summed E-state index contributed by atoms with van der Waals surface area (Å²) >= 11 is 0. The van der Waals surface area contributed by atoms with E-state index in [0.29, 0.717) is 0 Å². The number of hydrogen-bond acceptors (Lipinski definition) is 2. The van der Waals surface area contributed by atoms with Gasteiger partial charge in [-0.1, -0.05) is 36.8 Å². The first-order valence-corrected chi connectivity index (χ1v) is 6.90. The molecule has 2 atom stereocenters. The van der Waals surface area contributed by atoms with Gasteiger partial charge < -0.3 is 5.32 Å². The maximum atomic E-state index is 3.72. The van der Waals surface area contributed by atoms with E-state index in [1.165, 1.54) is 44.5 Å². The summed E-state index contributed by atoms with van der Waals surface area (Å²) in [5, 5.41) is 3.72. The summed E-state index contributed by atoms with van der Waals surface area (Å²) in [5.74, 6) is 0.867. The minimum absolute atomic E-state index is 0.728. The predicted molar refractivity (Wildman–Crippen MR) is 70.9 cm³/mol. The third-order valence-electron chi connectivity index (χ3n) is 4.10. The lowest BCUT2D eigenvalue weighted by Gasteiger charge is -2.28. The van der Waals surface area contributed by atoms with Crippen LogP contribution in [-0.2, 0) is 6.54 Å². The average Bonchev–Trinajstić information content (AvgIpc) is 2.64. The fourth-order valence-electron chi connectivity index (χ4n) is 3.22. The van der Waals surface area contributed by atoms with Gasteiger partial charge in [0.05, 0.1) is 0 Å². The van der Waals surface area contributed by atoms with Crippen molar-refractivity contribution in [2.45, 2.75) is 31.8 Å². The number of rotatable bonds is 2. The maximum Gasteiger partial charge on any atom is 0.0234 e. The van der Waals surface area contributed by atoms with Crippen molar-refractivity contribution in [2.75, 3.05) is 19.6 Å². The van der Waals surface area contributed by atoms with E-state index < -0.39 is 0 Å². The van der Waals surface area contributed by atoms with E-state index in [9.17, 15) is 0 Å². The molecule has 2 saturated heterocycles. The lowest BCUT2D eigenvalue weighted by Crippen LogP contribution is -2.37. The molecule has 0 spiro atoms. The van der Waals surface area contributed by atoms with E-state index >= 15 is 0 Å². The molecule has 2 fully saturated rings. The van der Waals surface area contributed by atoms with Crippen LogP contribution in [0.25, 0.3) is 0 Å². The fraction of sp³-hybridized carbons (Fsp3) is 0.600. The lowest BCUT2D eigenvalue weighted by atomic mass is 9.99. The van der Waals surface area contributed by atoms with Gasteiger partial charge in [0.15, 0.2) is 0 Å². The molecular weight excluding hydrogens is 208 g/mol. The van der Waals surface area contributed by atoms with Crippen LogP contribution < -0.4 is 5.32 Å². The first-order chi connectivity index (χ1) is 8.40. The molecule has 0 unspecified atom stereocenters. The Labute approximate surface area is 104 Å². The first-order valence-electron chi connectivity index (χ1n) is 6.90. The maximum absolute atomic E-state index is 3.72. The second-order valence-electron chi connectivity index (χ2n) is 5.58. The van der Waals surface area contributed by atoms with Gasteiger partial charge in [0.2, 0.25) is 0 Å². The van der Waals surface area contributed by atoms with Crippen molar-refractivity contribution in [3.8, 4) is 0 Å². The lowest BCUT2D eigenvalue weighted by molar-refractivity contribution is 0.211. The zero-order valence-corrected chi connectivity index (χ0v) is 10.4. The van der Waals surface area contributed by atoms with Crippen molar-refractivity contribution >= 4 is 0 Å². The third kappa shape index (κ3) is 2.88. The van der Waals surface area contributed by atoms with Gasteiger partial charge >= 0.3 is 0 Å². The number of nitrogens with zero attached hydrogens (tertiary/aromatic N) is 1. The van der Waals surface area contributed by atoms with Crippen LogP contribution in [0.1, 0.15) is 24.8 Å². The monoisotopic (exact) mass is 230 g/mol. The largest absolute Gasteiger partial charge is 0.312 e. The molecule has 2 aliphatic rings. The van der Waals surface area contributed by atoms with Gasteiger partial charge in [0.25, 0.3) is 0 Å². The molecule has 92 valence electrons. The van der Waals surface area contributed by atoms with Crippen LogP contribution >= 0.6 is 0 Å². The fourth-order valence-corrected chi connectivity index (χ4v) is 3.22. The van der Waals surface area contributed by atoms with Crippen LogP contribution in [0.5, 0.6) is 0 Å². The number of likely N-dealkylation sites (tertiary alicyclic amines) is 1. The molecule has 2 heterocycles. The molecule has 1 aromatic rings. The smallest absolute Gasteiger partial charge is 0.0234 e. The topological polar surface area (TPSA) is 15.3 Å². The molecule has 0 aromatic heterocycles. The average molecular weight is 230 g/mol. The molecule has 0 saturated carbocycles. The summed E-state index contributed by atoms with van der Waals surface area (Å²) in [7, 11) is 0. The van der Waals surface area contributed by atoms with E-state index in [1.807, 2.05) is 0 Å². The highest BCUT2D eigenvalue weighted by Gasteiger charge is 2.26. The van der Waals surface area contributed by atoms with Gasteiger partial charge in [0, 0.05) is 25.7 Å². The van der Waals surface area contributed by atoms with Crippen molar-refractivity contribution < 1.29 is 0 Å². The van der Waals surface area contributed by atoms with Gasteiger partial charge in [-0.25, -0.2) is 0 Å². The zero-order valence-electron chi connectivity index (χ0n) is 10.4. The Morgan fingerprint density at radius 2 is 2.00 bits per heavy atom. The van der Waals surface area contributed by atoms with Crippen LogP contribution in [0.15, 0.2) is 30.3 Å². The summed E-state index contributed by atoms with van der Waals surface area (Å²) in [6.45, 7) is 4.86. The highest BCUT2D eigenvalue weighted by molar-refractivity contribution is 5.14. The number of hydrogen-bond donors (Lipinski definition) is 1. The number of fused-ring (bicyclic) bond motifs is 3. The van der Waals surface area contributed by atoms with Crippen molar-refractivity contribution in [2.24, 2.45) is 5.92 Å². The standard InChI is InChI=1S/C15H22N2/c1-2-5-13(6-3-1)10-17-11-14-7-4-8-15(12-17)16-9-14/h1-3,5-6,14-16H,4,7-12H2/t14-,15-/m1/s1. The van der Waals surface area contributed by atoms with Gasteiger partial charge in [-0.3, -0.25) is 4.90 Å². The molecule has 1 N–H and O–H groups in total. The summed E-state index contributed by atoms with van der Waals surface area (Å²) in [6.07, 6.45) is 4.19. The second-order valence-corrected chi connectivity index (χ2v) is 5.58. The SMILES string of the molecule is c1ccc(CN2C[C@@H]3CCC[C@H](C2)NC3)cc1. The molecule has 1 aromatic carbocycles. The van der Waals surface area contributed by atoms with E-state index in [0.717, 1.165) is 18.5 Å². The van der Waals surface area contributed by atoms with Gasteiger partial charge in [-0.2, -0.15) is 0 Å². The zero-order chi connectivity index (χ0) is 11.5. The van der Waals surface area contributed by atoms with Gasteiger partial charge in [-0.15, -0.1) is 0 Å². The van der Waals surface area contributed by atoms with E-state index in [4.69, 9.17) is 0 Å². The summed E-state index contributed by atoms with van der Waals surface area (Å²) in [6, 6.07) is 11.6. The number of benzene rings is 1. The molecular formula is C15H22N2. The predicted octanol–water partition coefficient (Wildman–Crippen LogP) is 2.26. The van der Waals surface area contributed by atoms with E-state index in [-0.39, 0.29) is 0 Å². The Hall–Kier alpha value is -0.860. The molecule has 2 bridgehead atoms. The summed E-state index contributed by atoms with van der Waals surface area (Å²) in [4.78, 5) is 2.64. The first kappa shape index (κ1) is 11.2. The normalized spacial score (nSPS) is 29.9. The van der Waals surface area contributed by atoms with Crippen LogP contribution in [0, 0.1) is 5.92 Å². The summed E-state index contributed by atoms with van der Waals surface area (Å²) < 4.78 is 0. The molecule has 3 rings (SSSR count). The Morgan fingerprint density at radius 1 is 1.12 bits per heavy atom. The molecule has 2 heteroatoms. The molecule has 2 aliphatic heterocycles. The molecule has 17 heavy (non-hydrogen) atoms. The summed E-state index contributed by atoms with van der Waals surface area (Å²) in [5.41, 5.74) is 1.45. The number of nitrogens with one attached hydrogen (secondary N) is 1. The van der Waals surface area contributed by atoms with Crippen molar-refractivity contribution in [3.63, 3.8) is 0 Å². The minimum atomic E-state index is 0.728. The molecule has 0 radical (unpaired) electrons. The quantitative estimate of drug-likeness (QED) is 0.838. The Bertz CT molecular complexity index is 335. The van der Waals surface area contributed by atoms with Crippen LogP contribution in [0.3, 0.4) is 0 Å². The van der Waals surface area contributed by atoms with E-state index in [1.54, 1.807) is 0 Å². The van der Waals surface area contributed by atoms with Crippen LogP contribution in [0.2, 0.25) is 0 Å². The molecule has 0 aliphatic carbocycles.